The third-order valence-electron chi connectivity index (χ3n) is 5.96. The van der Waals surface area contributed by atoms with Gasteiger partial charge in [-0.3, -0.25) is 14.7 Å². The summed E-state index contributed by atoms with van der Waals surface area (Å²) < 4.78 is 6.97. The van der Waals surface area contributed by atoms with Crippen LogP contribution in [0.2, 0.25) is 0 Å². The van der Waals surface area contributed by atoms with E-state index in [0.29, 0.717) is 23.3 Å². The van der Waals surface area contributed by atoms with Crippen LogP contribution >= 0.6 is 11.3 Å². The van der Waals surface area contributed by atoms with Crippen LogP contribution in [0, 0.1) is 0 Å². The first-order valence-electron chi connectivity index (χ1n) is 10.1. The summed E-state index contributed by atoms with van der Waals surface area (Å²) in [5.41, 5.74) is 2.20. The number of benzene rings is 1. The van der Waals surface area contributed by atoms with Crippen molar-refractivity contribution >= 4 is 27.5 Å². The van der Waals surface area contributed by atoms with Gasteiger partial charge in [0.2, 0.25) is 5.91 Å². The molecule has 4 heterocycles. The molecule has 2 aliphatic rings. The lowest BCUT2D eigenvalue weighted by Crippen LogP contribution is -2.49. The highest BCUT2D eigenvalue weighted by Gasteiger charge is 2.40. The van der Waals surface area contributed by atoms with Crippen molar-refractivity contribution in [2.75, 3.05) is 0 Å². The Kier molecular flexibility index (Phi) is 4.93. The topological polar surface area (TPSA) is 67.4 Å². The van der Waals surface area contributed by atoms with Gasteiger partial charge in [0.05, 0.1) is 10.2 Å². The summed E-state index contributed by atoms with van der Waals surface area (Å²) in [7, 11) is 0. The number of hydrogen-bond acceptors (Lipinski definition) is 6. The number of nitrogens with zero attached hydrogens (tertiary/aromatic N) is 3. The van der Waals surface area contributed by atoms with Gasteiger partial charge in [0.25, 0.3) is 5.19 Å². The SMILES string of the molecule is CC(=O)N[C@H]1C[C@H]2CC[C@@H](C1)N2Cc1ccc(Oc2nc3ccncc3s2)cc1. The number of ether oxygens (including phenoxy) is 1. The molecule has 2 bridgehead atoms. The van der Waals surface area contributed by atoms with E-state index < -0.39 is 0 Å². The Labute approximate surface area is 173 Å². The molecule has 6 nitrogen and oxygen atoms in total. The van der Waals surface area contributed by atoms with Crippen molar-refractivity contribution < 1.29 is 9.53 Å². The number of carbonyl (C=O) groups excluding carboxylic acids is 1. The summed E-state index contributed by atoms with van der Waals surface area (Å²) in [6, 6.07) is 11.7. The summed E-state index contributed by atoms with van der Waals surface area (Å²) in [5, 5.41) is 3.75. The van der Waals surface area contributed by atoms with Gasteiger partial charge in [-0.15, -0.1) is 0 Å². The van der Waals surface area contributed by atoms with Gasteiger partial charge in [0, 0.05) is 44.0 Å². The van der Waals surface area contributed by atoms with Gasteiger partial charge in [0.1, 0.15) is 5.75 Å². The van der Waals surface area contributed by atoms with Crippen LogP contribution in [0.5, 0.6) is 10.9 Å². The molecular weight excluding hydrogens is 384 g/mol. The van der Waals surface area contributed by atoms with Crippen LogP contribution in [-0.2, 0) is 11.3 Å². The van der Waals surface area contributed by atoms with Gasteiger partial charge in [-0.2, -0.15) is 0 Å². The van der Waals surface area contributed by atoms with Gasteiger partial charge in [-0.1, -0.05) is 23.5 Å². The summed E-state index contributed by atoms with van der Waals surface area (Å²) in [6.45, 7) is 2.57. The highest BCUT2D eigenvalue weighted by molar-refractivity contribution is 7.20. The number of amides is 1. The Bertz CT molecular complexity index is 972. The smallest absolute Gasteiger partial charge is 0.279 e. The second-order valence-corrected chi connectivity index (χ2v) is 8.99. The molecule has 0 saturated carbocycles. The van der Waals surface area contributed by atoms with Gasteiger partial charge in [-0.05, 0) is 49.4 Å². The predicted molar refractivity (Wildman–Crippen MR) is 113 cm³/mol. The maximum absolute atomic E-state index is 11.4. The molecule has 0 aliphatic carbocycles. The first-order chi connectivity index (χ1) is 14.1. The highest BCUT2D eigenvalue weighted by atomic mass is 32.1. The van der Waals surface area contributed by atoms with Gasteiger partial charge < -0.3 is 10.1 Å². The molecule has 0 unspecified atom stereocenters. The van der Waals surface area contributed by atoms with E-state index in [4.69, 9.17) is 4.74 Å². The molecule has 3 atom stereocenters. The van der Waals surface area contributed by atoms with Gasteiger partial charge in [-0.25, -0.2) is 4.98 Å². The lowest BCUT2D eigenvalue weighted by Gasteiger charge is -2.39. The van der Waals surface area contributed by atoms with Crippen molar-refractivity contribution in [3.05, 3.63) is 48.3 Å². The fourth-order valence-electron chi connectivity index (χ4n) is 4.71. The minimum absolute atomic E-state index is 0.0860. The number of rotatable bonds is 5. The minimum Gasteiger partial charge on any atom is -0.431 e. The van der Waals surface area contributed by atoms with Crippen LogP contribution in [-0.4, -0.2) is 38.9 Å². The van der Waals surface area contributed by atoms with E-state index in [1.807, 2.05) is 24.4 Å². The fourth-order valence-corrected chi connectivity index (χ4v) is 5.52. The maximum atomic E-state index is 11.4. The lowest BCUT2D eigenvalue weighted by molar-refractivity contribution is -0.120. The quantitative estimate of drug-likeness (QED) is 0.688. The fraction of sp³-hybridized carbons (Fsp3) is 0.409. The third-order valence-corrected chi connectivity index (χ3v) is 6.84. The molecule has 2 aromatic heterocycles. The van der Waals surface area contributed by atoms with Crippen LogP contribution in [0.4, 0.5) is 0 Å². The van der Waals surface area contributed by atoms with Crippen LogP contribution < -0.4 is 10.1 Å². The van der Waals surface area contributed by atoms with Crippen molar-refractivity contribution in [1.82, 2.24) is 20.2 Å². The number of hydrogen-bond donors (Lipinski definition) is 1. The summed E-state index contributed by atoms with van der Waals surface area (Å²) in [4.78, 5) is 22.6. The van der Waals surface area contributed by atoms with Crippen molar-refractivity contribution in [2.24, 2.45) is 0 Å². The first kappa shape index (κ1) is 18.5. The van der Waals surface area contributed by atoms with Gasteiger partial charge in [0.15, 0.2) is 0 Å². The zero-order valence-electron chi connectivity index (χ0n) is 16.4. The van der Waals surface area contributed by atoms with Crippen LogP contribution in [0.3, 0.4) is 0 Å². The van der Waals surface area contributed by atoms with Crippen molar-refractivity contribution in [3.8, 4) is 10.9 Å². The summed E-state index contributed by atoms with van der Waals surface area (Å²) in [6.07, 6.45) is 8.13. The number of aromatic nitrogens is 2. The number of fused-ring (bicyclic) bond motifs is 3. The molecule has 1 N–H and O–H groups in total. The van der Waals surface area contributed by atoms with E-state index >= 15 is 0 Å². The second kappa shape index (κ2) is 7.72. The molecule has 2 fully saturated rings. The van der Waals surface area contributed by atoms with Crippen LogP contribution in [0.25, 0.3) is 10.2 Å². The molecule has 0 radical (unpaired) electrons. The maximum Gasteiger partial charge on any atom is 0.279 e. The molecule has 1 amide bonds. The lowest BCUT2D eigenvalue weighted by atomic mass is 9.96. The molecule has 7 heteroatoms. The van der Waals surface area contributed by atoms with Gasteiger partial charge >= 0.3 is 0 Å². The Morgan fingerprint density at radius 3 is 2.66 bits per heavy atom. The number of pyridine rings is 1. The first-order valence-corrected chi connectivity index (χ1v) is 11.0. The highest BCUT2D eigenvalue weighted by Crippen LogP contribution is 2.37. The van der Waals surface area contributed by atoms with E-state index in [9.17, 15) is 4.79 Å². The van der Waals surface area contributed by atoms with E-state index in [-0.39, 0.29) is 5.91 Å². The summed E-state index contributed by atoms with van der Waals surface area (Å²) >= 11 is 1.50. The van der Waals surface area contributed by atoms with E-state index in [1.54, 1.807) is 13.1 Å². The van der Waals surface area contributed by atoms with Crippen LogP contribution in [0.1, 0.15) is 38.2 Å². The zero-order valence-corrected chi connectivity index (χ0v) is 17.2. The average molecular weight is 409 g/mol. The Hall–Kier alpha value is -2.51. The monoisotopic (exact) mass is 408 g/mol. The van der Waals surface area contributed by atoms with Crippen molar-refractivity contribution in [3.63, 3.8) is 0 Å². The van der Waals surface area contributed by atoms with Crippen molar-refractivity contribution in [1.29, 1.82) is 0 Å². The minimum atomic E-state index is 0.0860. The average Bonchev–Trinajstić information content (AvgIpc) is 3.20. The molecular formula is C22H24N4O2S. The Morgan fingerprint density at radius 1 is 1.21 bits per heavy atom. The molecule has 3 aromatic rings. The van der Waals surface area contributed by atoms with Crippen LogP contribution in [0.15, 0.2) is 42.7 Å². The normalized spacial score (nSPS) is 24.0. The number of nitrogens with one attached hydrogen (secondary N) is 1. The van der Waals surface area contributed by atoms with Crippen molar-refractivity contribution in [2.45, 2.75) is 57.3 Å². The molecule has 0 spiro atoms. The molecule has 2 saturated heterocycles. The molecule has 150 valence electrons. The number of piperidine rings is 1. The molecule has 1 aromatic carbocycles. The zero-order chi connectivity index (χ0) is 19.8. The third kappa shape index (κ3) is 3.97. The predicted octanol–water partition coefficient (Wildman–Crippen LogP) is 4.12. The van der Waals surface area contributed by atoms with E-state index in [0.717, 1.165) is 35.4 Å². The number of carbonyl (C=O) groups is 1. The largest absolute Gasteiger partial charge is 0.431 e. The standard InChI is InChI=1S/C22H24N4O2S/c1-14(27)24-16-10-17-4-5-18(11-16)26(17)13-15-2-6-19(7-3-15)28-22-25-20-8-9-23-12-21(20)29-22/h2-3,6-9,12,16-18H,4-5,10-11,13H2,1H3,(H,24,27)/t16-,17+,18-. The summed E-state index contributed by atoms with van der Waals surface area (Å²) in [5.74, 6) is 0.885. The number of thiazole rings is 1. The Balaban J connectivity index is 1.22. The molecule has 5 rings (SSSR count). The molecule has 29 heavy (non-hydrogen) atoms. The Morgan fingerprint density at radius 2 is 1.97 bits per heavy atom. The molecule has 2 aliphatic heterocycles. The van der Waals surface area contributed by atoms with E-state index in [1.165, 1.54) is 29.7 Å². The second-order valence-electron chi connectivity index (χ2n) is 8.00. The van der Waals surface area contributed by atoms with E-state index in [2.05, 4.69) is 32.3 Å².